The van der Waals surface area contributed by atoms with Gasteiger partial charge in [0.25, 0.3) is 0 Å². The summed E-state index contributed by atoms with van der Waals surface area (Å²) in [5.41, 5.74) is 0.412. The predicted molar refractivity (Wildman–Crippen MR) is 63.3 cm³/mol. The Morgan fingerprint density at radius 3 is 2.75 bits per heavy atom. The first-order valence-electron chi connectivity index (χ1n) is 5.56. The Hall–Kier alpha value is -0.800. The van der Waals surface area contributed by atoms with E-state index in [0.717, 1.165) is 25.7 Å². The molecular weight excluding hydrogens is 229 g/mol. The van der Waals surface area contributed by atoms with Crippen molar-refractivity contribution in [2.75, 3.05) is 5.32 Å². The van der Waals surface area contributed by atoms with Gasteiger partial charge in [-0.1, -0.05) is 24.4 Å². The quantitative estimate of drug-likeness (QED) is 0.836. The highest BCUT2D eigenvalue weighted by molar-refractivity contribution is 6.30. The molecule has 0 aliphatic heterocycles. The molecule has 2 unspecified atom stereocenters. The van der Waals surface area contributed by atoms with Crippen molar-refractivity contribution in [3.8, 4) is 0 Å². The number of nitrogens with one attached hydrogen (secondary N) is 1. The van der Waals surface area contributed by atoms with Gasteiger partial charge in [-0.2, -0.15) is 0 Å². The fourth-order valence-corrected chi connectivity index (χ4v) is 2.24. The molecule has 1 aromatic carbocycles. The first kappa shape index (κ1) is 11.7. The third kappa shape index (κ3) is 2.66. The van der Waals surface area contributed by atoms with Gasteiger partial charge in [-0.05, 0) is 31.0 Å². The van der Waals surface area contributed by atoms with Crippen LogP contribution < -0.4 is 5.32 Å². The van der Waals surface area contributed by atoms with E-state index in [2.05, 4.69) is 5.32 Å². The molecule has 16 heavy (non-hydrogen) atoms. The maximum absolute atomic E-state index is 13.5. The van der Waals surface area contributed by atoms with Crippen LogP contribution in [0.3, 0.4) is 0 Å². The number of anilines is 1. The Bertz CT molecular complexity index is 372. The van der Waals surface area contributed by atoms with Gasteiger partial charge in [-0.3, -0.25) is 0 Å². The van der Waals surface area contributed by atoms with E-state index in [0.29, 0.717) is 10.7 Å². The van der Waals surface area contributed by atoms with Gasteiger partial charge in [0.05, 0.1) is 17.8 Å². The molecule has 1 aromatic rings. The van der Waals surface area contributed by atoms with Crippen molar-refractivity contribution in [2.45, 2.75) is 37.8 Å². The highest BCUT2D eigenvalue weighted by Crippen LogP contribution is 2.25. The van der Waals surface area contributed by atoms with Crippen LogP contribution in [0.1, 0.15) is 25.7 Å². The number of hydrogen-bond donors (Lipinski definition) is 2. The maximum atomic E-state index is 13.5. The molecule has 0 heterocycles. The number of halogens is 2. The zero-order valence-corrected chi connectivity index (χ0v) is 9.67. The summed E-state index contributed by atoms with van der Waals surface area (Å²) in [6.45, 7) is 0. The summed E-state index contributed by atoms with van der Waals surface area (Å²) in [6, 6.07) is 4.48. The first-order valence-corrected chi connectivity index (χ1v) is 5.94. The van der Waals surface area contributed by atoms with Crippen molar-refractivity contribution in [1.82, 2.24) is 0 Å². The third-order valence-electron chi connectivity index (χ3n) is 3.00. The predicted octanol–water partition coefficient (Wildman–Crippen LogP) is 3.19. The van der Waals surface area contributed by atoms with Crippen molar-refractivity contribution in [1.29, 1.82) is 0 Å². The molecular formula is C12H15ClFNO. The van der Waals surface area contributed by atoms with Crippen LogP contribution in [0.4, 0.5) is 10.1 Å². The molecule has 4 heteroatoms. The summed E-state index contributed by atoms with van der Waals surface area (Å²) in [4.78, 5) is 0. The highest BCUT2D eigenvalue weighted by atomic mass is 35.5. The molecule has 2 rings (SSSR count). The monoisotopic (exact) mass is 243 g/mol. The molecule has 88 valence electrons. The summed E-state index contributed by atoms with van der Waals surface area (Å²) < 4.78 is 13.5. The van der Waals surface area contributed by atoms with Crippen LogP contribution in [0.5, 0.6) is 0 Å². The fourth-order valence-electron chi connectivity index (χ4n) is 2.09. The molecule has 0 saturated heterocycles. The largest absolute Gasteiger partial charge is 0.391 e. The summed E-state index contributed by atoms with van der Waals surface area (Å²) in [6.07, 6.45) is 3.39. The minimum absolute atomic E-state index is 0.0515. The molecule has 2 atom stereocenters. The van der Waals surface area contributed by atoms with E-state index in [9.17, 15) is 9.50 Å². The number of aliphatic hydroxyl groups is 1. The summed E-state index contributed by atoms with van der Waals surface area (Å²) in [5.74, 6) is -0.370. The van der Waals surface area contributed by atoms with Crippen LogP contribution in [0.15, 0.2) is 18.2 Å². The lowest BCUT2D eigenvalue weighted by molar-refractivity contribution is 0.116. The molecule has 0 aromatic heterocycles. The fraction of sp³-hybridized carbons (Fsp3) is 0.500. The number of hydrogen-bond acceptors (Lipinski definition) is 2. The van der Waals surface area contributed by atoms with Gasteiger partial charge in [0.15, 0.2) is 0 Å². The zero-order chi connectivity index (χ0) is 11.5. The van der Waals surface area contributed by atoms with Crippen LogP contribution in [0.2, 0.25) is 5.02 Å². The zero-order valence-electron chi connectivity index (χ0n) is 8.92. The molecule has 0 amide bonds. The number of rotatable bonds is 2. The maximum Gasteiger partial charge on any atom is 0.147 e. The van der Waals surface area contributed by atoms with Crippen LogP contribution in [0.25, 0.3) is 0 Å². The molecule has 0 spiro atoms. The number of aliphatic hydroxyl groups excluding tert-OH is 1. The van der Waals surface area contributed by atoms with E-state index in [-0.39, 0.29) is 18.0 Å². The van der Waals surface area contributed by atoms with E-state index in [1.807, 2.05) is 0 Å². The Kier molecular flexibility index (Phi) is 3.66. The van der Waals surface area contributed by atoms with Crippen molar-refractivity contribution in [2.24, 2.45) is 0 Å². The average Bonchev–Trinajstić information content (AvgIpc) is 2.25. The van der Waals surface area contributed by atoms with E-state index in [4.69, 9.17) is 11.6 Å². The van der Waals surface area contributed by atoms with Crippen LogP contribution in [-0.4, -0.2) is 17.3 Å². The van der Waals surface area contributed by atoms with Crippen LogP contribution in [-0.2, 0) is 0 Å². The lowest BCUT2D eigenvalue weighted by atomic mass is 9.92. The smallest absolute Gasteiger partial charge is 0.147 e. The van der Waals surface area contributed by atoms with Gasteiger partial charge >= 0.3 is 0 Å². The topological polar surface area (TPSA) is 32.3 Å². The second-order valence-electron chi connectivity index (χ2n) is 4.23. The lowest BCUT2D eigenvalue weighted by Crippen LogP contribution is -2.36. The van der Waals surface area contributed by atoms with Gasteiger partial charge in [-0.15, -0.1) is 0 Å². The Morgan fingerprint density at radius 2 is 2.06 bits per heavy atom. The van der Waals surface area contributed by atoms with Crippen molar-refractivity contribution in [3.05, 3.63) is 29.0 Å². The van der Waals surface area contributed by atoms with E-state index in [1.165, 1.54) is 6.07 Å². The Labute approximate surface area is 99.4 Å². The van der Waals surface area contributed by atoms with Gasteiger partial charge in [0.1, 0.15) is 5.82 Å². The van der Waals surface area contributed by atoms with Gasteiger partial charge in [0, 0.05) is 5.02 Å². The summed E-state index contributed by atoms with van der Waals surface area (Å²) in [7, 11) is 0. The molecule has 1 aliphatic carbocycles. The second-order valence-corrected chi connectivity index (χ2v) is 4.66. The summed E-state index contributed by atoms with van der Waals surface area (Å²) in [5, 5.41) is 13.2. The lowest BCUT2D eigenvalue weighted by Gasteiger charge is -2.29. The minimum Gasteiger partial charge on any atom is -0.391 e. The van der Waals surface area contributed by atoms with Crippen LogP contribution in [0, 0.1) is 5.82 Å². The highest BCUT2D eigenvalue weighted by Gasteiger charge is 2.23. The first-order chi connectivity index (χ1) is 7.66. The van der Waals surface area contributed by atoms with Gasteiger partial charge < -0.3 is 10.4 Å². The average molecular weight is 244 g/mol. The summed E-state index contributed by atoms with van der Waals surface area (Å²) >= 11 is 5.67. The third-order valence-corrected chi connectivity index (χ3v) is 3.24. The molecule has 0 bridgehead atoms. The SMILES string of the molecule is OC1CCCCC1Nc1ccc(Cl)cc1F. The van der Waals surface area contributed by atoms with E-state index < -0.39 is 0 Å². The van der Waals surface area contributed by atoms with Crippen molar-refractivity contribution in [3.63, 3.8) is 0 Å². The molecule has 1 aliphatic rings. The molecule has 2 nitrogen and oxygen atoms in total. The minimum atomic E-state index is -0.385. The van der Waals surface area contributed by atoms with E-state index in [1.54, 1.807) is 12.1 Å². The normalized spacial score (nSPS) is 25.4. The second kappa shape index (κ2) is 5.02. The molecule has 1 fully saturated rings. The number of benzene rings is 1. The molecule has 2 N–H and O–H groups in total. The van der Waals surface area contributed by atoms with Crippen molar-refractivity contribution < 1.29 is 9.50 Å². The van der Waals surface area contributed by atoms with Gasteiger partial charge in [0.2, 0.25) is 0 Å². The van der Waals surface area contributed by atoms with Crippen LogP contribution >= 0.6 is 11.6 Å². The Balaban J connectivity index is 2.07. The standard InChI is InChI=1S/C12H15ClFNO/c13-8-5-6-10(9(14)7-8)15-11-3-1-2-4-12(11)16/h5-7,11-12,15-16H,1-4H2. The molecule has 0 radical (unpaired) electrons. The van der Waals surface area contributed by atoms with Crippen molar-refractivity contribution >= 4 is 17.3 Å². The van der Waals surface area contributed by atoms with E-state index >= 15 is 0 Å². The Morgan fingerprint density at radius 1 is 1.31 bits per heavy atom. The van der Waals surface area contributed by atoms with Gasteiger partial charge in [-0.25, -0.2) is 4.39 Å². The molecule has 1 saturated carbocycles.